The Bertz CT molecular complexity index is 597. The second kappa shape index (κ2) is 8.48. The number of nitrogens with one attached hydrogen (secondary N) is 2. The predicted molar refractivity (Wildman–Crippen MR) is 99.6 cm³/mol. The van der Waals surface area contributed by atoms with Gasteiger partial charge in [-0.2, -0.15) is 0 Å². The van der Waals surface area contributed by atoms with Crippen LogP contribution >= 0.6 is 0 Å². The highest BCUT2D eigenvalue weighted by molar-refractivity contribution is 6.10. The average molecular weight is 346 g/mol. The molecule has 0 saturated carbocycles. The molecule has 1 aliphatic rings. The molecule has 1 atom stereocenters. The summed E-state index contributed by atoms with van der Waals surface area (Å²) in [6.07, 6.45) is 3.70. The van der Waals surface area contributed by atoms with Crippen LogP contribution in [0.5, 0.6) is 0 Å². The normalized spacial score (nSPS) is 17.4. The number of para-hydroxylation sites is 1. The second-order valence-electron chi connectivity index (χ2n) is 7.08. The van der Waals surface area contributed by atoms with E-state index in [4.69, 9.17) is 4.74 Å². The van der Waals surface area contributed by atoms with Crippen LogP contribution in [0.3, 0.4) is 0 Å². The lowest BCUT2D eigenvalue weighted by molar-refractivity contribution is -0.138. The third-order valence-electron chi connectivity index (χ3n) is 4.89. The van der Waals surface area contributed by atoms with Gasteiger partial charge in [0, 0.05) is 18.8 Å². The Morgan fingerprint density at radius 1 is 1.16 bits per heavy atom. The maximum atomic E-state index is 12.8. The Balaban J connectivity index is 2.06. The second-order valence-corrected chi connectivity index (χ2v) is 7.08. The first-order valence-electron chi connectivity index (χ1n) is 9.22. The highest BCUT2D eigenvalue weighted by atomic mass is 16.5. The summed E-state index contributed by atoms with van der Waals surface area (Å²) in [7, 11) is 0. The summed E-state index contributed by atoms with van der Waals surface area (Å²) in [5.41, 5.74) is 1.87. The highest BCUT2D eigenvalue weighted by Gasteiger charge is 2.37. The third kappa shape index (κ3) is 4.60. The molecule has 0 spiro atoms. The van der Waals surface area contributed by atoms with Gasteiger partial charge in [-0.1, -0.05) is 32.0 Å². The zero-order valence-electron chi connectivity index (χ0n) is 15.8. The summed E-state index contributed by atoms with van der Waals surface area (Å²) in [6.45, 7) is 8.65. The molecule has 0 bridgehead atoms. The fourth-order valence-electron chi connectivity index (χ4n) is 3.01. The molecule has 1 aromatic carbocycles. The van der Waals surface area contributed by atoms with Crippen molar-refractivity contribution in [3.8, 4) is 0 Å². The van der Waals surface area contributed by atoms with E-state index in [1.165, 1.54) is 0 Å². The molecule has 1 aliphatic heterocycles. The number of ether oxygens (including phenoxy) is 1. The van der Waals surface area contributed by atoms with Crippen molar-refractivity contribution in [2.45, 2.75) is 59.5 Å². The lowest BCUT2D eigenvalue weighted by Gasteiger charge is -2.25. The van der Waals surface area contributed by atoms with E-state index in [1.807, 2.05) is 18.2 Å². The van der Waals surface area contributed by atoms with E-state index in [1.54, 1.807) is 13.8 Å². The summed E-state index contributed by atoms with van der Waals surface area (Å²) in [4.78, 5) is 25.3. The lowest BCUT2D eigenvalue weighted by atomic mass is 9.90. The maximum Gasteiger partial charge on any atom is 0.239 e. The molecular weight excluding hydrogens is 316 g/mol. The van der Waals surface area contributed by atoms with Crippen LogP contribution in [0.1, 0.15) is 51.7 Å². The predicted octanol–water partition coefficient (Wildman–Crippen LogP) is 3.07. The van der Waals surface area contributed by atoms with E-state index >= 15 is 0 Å². The zero-order chi connectivity index (χ0) is 18.4. The van der Waals surface area contributed by atoms with Gasteiger partial charge in [0.25, 0.3) is 0 Å². The van der Waals surface area contributed by atoms with Crippen molar-refractivity contribution in [1.29, 1.82) is 0 Å². The van der Waals surface area contributed by atoms with Gasteiger partial charge < -0.3 is 15.4 Å². The van der Waals surface area contributed by atoms with Gasteiger partial charge in [0.05, 0.1) is 6.10 Å². The molecule has 0 aliphatic carbocycles. The molecule has 1 fully saturated rings. The topological polar surface area (TPSA) is 67.4 Å². The summed E-state index contributed by atoms with van der Waals surface area (Å²) >= 11 is 0. The smallest absolute Gasteiger partial charge is 0.239 e. The number of carbonyl (C=O) groups excluding carboxylic acids is 2. The Morgan fingerprint density at radius 3 is 2.32 bits per heavy atom. The van der Waals surface area contributed by atoms with Crippen LogP contribution in [0.4, 0.5) is 5.69 Å². The van der Waals surface area contributed by atoms with Gasteiger partial charge in [-0.15, -0.1) is 0 Å². The van der Waals surface area contributed by atoms with Gasteiger partial charge in [0.1, 0.15) is 5.41 Å². The fourth-order valence-corrected chi connectivity index (χ4v) is 3.01. The number of benzene rings is 1. The Kier molecular flexibility index (Phi) is 6.59. The molecule has 0 aromatic heterocycles. The molecule has 1 aromatic rings. The van der Waals surface area contributed by atoms with Crippen LogP contribution in [0.2, 0.25) is 0 Å². The molecule has 2 rings (SSSR count). The average Bonchev–Trinajstić information content (AvgIpc) is 3.13. The van der Waals surface area contributed by atoms with E-state index in [9.17, 15) is 9.59 Å². The Morgan fingerprint density at radius 2 is 1.80 bits per heavy atom. The minimum atomic E-state index is -1.15. The summed E-state index contributed by atoms with van der Waals surface area (Å²) in [5, 5.41) is 5.86. The van der Waals surface area contributed by atoms with Crippen molar-refractivity contribution in [1.82, 2.24) is 5.32 Å². The standard InChI is InChI=1S/C20H30N2O3/c1-5-14-9-7-10-15(6-2)17(14)22-19(24)20(3,4)18(23)21-13-16-11-8-12-25-16/h7,9-10,16H,5-6,8,11-13H2,1-4H3,(H,21,23)(H,22,24). The number of hydrogen-bond donors (Lipinski definition) is 2. The van der Waals surface area contributed by atoms with Crippen LogP contribution in [-0.2, 0) is 27.2 Å². The molecular formula is C20H30N2O3. The Labute approximate surface area is 150 Å². The first-order chi connectivity index (χ1) is 11.9. The number of rotatable bonds is 7. The number of aryl methyl sites for hydroxylation is 2. The molecule has 1 unspecified atom stereocenters. The van der Waals surface area contributed by atoms with E-state index < -0.39 is 5.41 Å². The SMILES string of the molecule is CCc1cccc(CC)c1NC(=O)C(C)(C)C(=O)NCC1CCCO1. The molecule has 2 amide bonds. The van der Waals surface area contributed by atoms with E-state index in [2.05, 4.69) is 24.5 Å². The number of hydrogen-bond acceptors (Lipinski definition) is 3. The van der Waals surface area contributed by atoms with Crippen LogP contribution in [0.25, 0.3) is 0 Å². The van der Waals surface area contributed by atoms with E-state index in [-0.39, 0.29) is 17.9 Å². The molecule has 5 nitrogen and oxygen atoms in total. The van der Waals surface area contributed by atoms with E-state index in [0.29, 0.717) is 6.54 Å². The van der Waals surface area contributed by atoms with Crippen LogP contribution in [-0.4, -0.2) is 31.1 Å². The molecule has 1 heterocycles. The minimum absolute atomic E-state index is 0.0651. The zero-order valence-corrected chi connectivity index (χ0v) is 15.8. The first kappa shape index (κ1) is 19.4. The van der Waals surface area contributed by atoms with Gasteiger partial charge >= 0.3 is 0 Å². The van der Waals surface area contributed by atoms with Gasteiger partial charge in [-0.05, 0) is 50.7 Å². The molecule has 138 valence electrons. The van der Waals surface area contributed by atoms with Crippen LogP contribution in [0, 0.1) is 5.41 Å². The van der Waals surface area contributed by atoms with E-state index in [0.717, 1.165) is 49.1 Å². The molecule has 25 heavy (non-hydrogen) atoms. The summed E-state index contributed by atoms with van der Waals surface area (Å²) in [6, 6.07) is 6.03. The molecule has 1 saturated heterocycles. The third-order valence-corrected chi connectivity index (χ3v) is 4.89. The van der Waals surface area contributed by atoms with Crippen molar-refractivity contribution >= 4 is 17.5 Å². The number of amides is 2. The summed E-state index contributed by atoms with van der Waals surface area (Å²) < 4.78 is 5.52. The summed E-state index contributed by atoms with van der Waals surface area (Å²) in [5.74, 6) is -0.555. The molecule has 0 radical (unpaired) electrons. The quantitative estimate of drug-likeness (QED) is 0.746. The number of anilines is 1. The first-order valence-corrected chi connectivity index (χ1v) is 9.22. The van der Waals surface area contributed by atoms with Gasteiger partial charge in [0.15, 0.2) is 0 Å². The van der Waals surface area contributed by atoms with Crippen LogP contribution < -0.4 is 10.6 Å². The monoisotopic (exact) mass is 346 g/mol. The van der Waals surface area contributed by atoms with Gasteiger partial charge in [0.2, 0.25) is 11.8 Å². The van der Waals surface area contributed by atoms with Crippen molar-refractivity contribution in [2.75, 3.05) is 18.5 Å². The van der Waals surface area contributed by atoms with Crippen molar-refractivity contribution in [3.63, 3.8) is 0 Å². The molecule has 2 N–H and O–H groups in total. The fraction of sp³-hybridized carbons (Fsp3) is 0.600. The van der Waals surface area contributed by atoms with Gasteiger partial charge in [-0.3, -0.25) is 9.59 Å². The Hall–Kier alpha value is -1.88. The highest BCUT2D eigenvalue weighted by Crippen LogP contribution is 2.26. The minimum Gasteiger partial charge on any atom is -0.376 e. The van der Waals surface area contributed by atoms with Crippen molar-refractivity contribution in [3.05, 3.63) is 29.3 Å². The lowest BCUT2D eigenvalue weighted by Crippen LogP contribution is -2.47. The van der Waals surface area contributed by atoms with Crippen LogP contribution in [0.15, 0.2) is 18.2 Å². The van der Waals surface area contributed by atoms with Crippen molar-refractivity contribution < 1.29 is 14.3 Å². The number of carbonyl (C=O) groups is 2. The molecule has 5 heteroatoms. The van der Waals surface area contributed by atoms with Crippen molar-refractivity contribution in [2.24, 2.45) is 5.41 Å². The van der Waals surface area contributed by atoms with Gasteiger partial charge in [-0.25, -0.2) is 0 Å². The largest absolute Gasteiger partial charge is 0.376 e. The maximum absolute atomic E-state index is 12.8.